The zero-order valence-corrected chi connectivity index (χ0v) is 11.4. The van der Waals surface area contributed by atoms with E-state index in [0.29, 0.717) is 10.8 Å². The molecule has 0 fully saturated rings. The first-order chi connectivity index (χ1) is 10.4. The van der Waals surface area contributed by atoms with Crippen LogP contribution < -0.4 is 4.74 Å². The van der Waals surface area contributed by atoms with E-state index in [-0.39, 0.29) is 11.3 Å². The third-order valence-corrected chi connectivity index (χ3v) is 3.13. The smallest absolute Gasteiger partial charge is 0.387 e. The first kappa shape index (κ1) is 16.1. The average Bonchev–Trinajstić information content (AvgIpc) is 2.46. The van der Waals surface area contributed by atoms with Gasteiger partial charge >= 0.3 is 12.6 Å². The molecule has 0 bridgehead atoms. The van der Waals surface area contributed by atoms with E-state index in [1.165, 1.54) is 36.4 Å². The molecule has 7 heteroatoms. The Balaban J connectivity index is 2.39. The highest BCUT2D eigenvalue weighted by atomic mass is 19.3. The van der Waals surface area contributed by atoms with Crippen LogP contribution in [-0.2, 0) is 9.53 Å². The van der Waals surface area contributed by atoms with Crippen LogP contribution in [0.5, 0.6) is 5.75 Å². The maximum atomic E-state index is 13.0. The van der Waals surface area contributed by atoms with Crippen LogP contribution >= 0.6 is 0 Å². The second kappa shape index (κ2) is 6.64. The number of esters is 1. The van der Waals surface area contributed by atoms with Crippen molar-refractivity contribution in [1.29, 1.82) is 0 Å². The summed E-state index contributed by atoms with van der Waals surface area (Å²) in [6, 6.07) is 8.31. The highest BCUT2D eigenvalue weighted by Crippen LogP contribution is 2.29. The van der Waals surface area contributed by atoms with Crippen molar-refractivity contribution in [2.24, 2.45) is 0 Å². The first-order valence-electron chi connectivity index (χ1n) is 6.27. The summed E-state index contributed by atoms with van der Waals surface area (Å²) < 4.78 is 59.0. The minimum absolute atomic E-state index is 0.0337. The van der Waals surface area contributed by atoms with Gasteiger partial charge in [-0.05, 0) is 28.5 Å². The lowest BCUT2D eigenvalue weighted by Gasteiger charge is -2.15. The molecule has 0 aliphatic rings. The van der Waals surface area contributed by atoms with Crippen molar-refractivity contribution < 1.29 is 31.8 Å². The molecule has 0 amide bonds. The average molecular weight is 316 g/mol. The van der Waals surface area contributed by atoms with Gasteiger partial charge in [-0.1, -0.05) is 24.3 Å². The minimum atomic E-state index is -2.95. The molecule has 0 saturated carbocycles. The number of methoxy groups -OCH3 is 1. The van der Waals surface area contributed by atoms with Gasteiger partial charge in [-0.25, -0.2) is 8.78 Å². The van der Waals surface area contributed by atoms with Crippen LogP contribution in [0.1, 0.15) is 11.5 Å². The summed E-state index contributed by atoms with van der Waals surface area (Å²) in [7, 11) is 1.03. The molecule has 0 saturated heterocycles. The Bertz CT molecular complexity index is 673. The van der Waals surface area contributed by atoms with Crippen molar-refractivity contribution in [3.05, 3.63) is 42.0 Å². The number of hydrogen-bond donors (Lipinski definition) is 0. The normalized spacial score (nSPS) is 12.7. The van der Waals surface area contributed by atoms with E-state index in [4.69, 9.17) is 0 Å². The maximum Gasteiger partial charge on any atom is 0.387 e. The highest BCUT2D eigenvalue weighted by molar-refractivity contribution is 5.87. The first-order valence-corrected chi connectivity index (χ1v) is 6.27. The summed E-state index contributed by atoms with van der Waals surface area (Å²) in [6.45, 7) is -2.95. The van der Waals surface area contributed by atoms with Gasteiger partial charge < -0.3 is 9.47 Å². The molecule has 1 atom stereocenters. The Hall–Kier alpha value is -2.31. The second-order valence-corrected chi connectivity index (χ2v) is 4.48. The van der Waals surface area contributed by atoms with Crippen LogP contribution in [0.3, 0.4) is 0 Å². The van der Waals surface area contributed by atoms with Gasteiger partial charge in [0.1, 0.15) is 11.7 Å². The summed E-state index contributed by atoms with van der Waals surface area (Å²) in [5.74, 6) is -2.76. The Kier molecular flexibility index (Phi) is 4.85. The van der Waals surface area contributed by atoms with Crippen molar-refractivity contribution in [3.63, 3.8) is 0 Å². The summed E-state index contributed by atoms with van der Waals surface area (Å²) in [5.41, 5.74) is 0.0943. The fourth-order valence-electron chi connectivity index (χ4n) is 2.12. The molecule has 1 unspecified atom stereocenters. The molecular weight excluding hydrogens is 304 g/mol. The van der Waals surface area contributed by atoms with Gasteiger partial charge in [0.15, 0.2) is 0 Å². The molecule has 0 heterocycles. The van der Waals surface area contributed by atoms with Crippen LogP contribution in [0, 0.1) is 0 Å². The van der Waals surface area contributed by atoms with E-state index in [9.17, 15) is 22.4 Å². The van der Waals surface area contributed by atoms with Gasteiger partial charge in [0.05, 0.1) is 7.11 Å². The predicted octanol–water partition coefficient (Wildman–Crippen LogP) is 3.96. The number of halogens is 4. The molecule has 0 aliphatic carbocycles. The lowest BCUT2D eigenvalue weighted by molar-refractivity contribution is -0.146. The van der Waals surface area contributed by atoms with Gasteiger partial charge in [-0.15, -0.1) is 0 Å². The molecule has 0 aliphatic heterocycles. The van der Waals surface area contributed by atoms with Crippen LogP contribution in [0.4, 0.5) is 17.6 Å². The highest BCUT2D eigenvalue weighted by Gasteiger charge is 2.31. The van der Waals surface area contributed by atoms with Crippen molar-refractivity contribution in [1.82, 2.24) is 0 Å². The summed E-state index contributed by atoms with van der Waals surface area (Å²) in [6.07, 6.45) is -2.91. The summed E-state index contributed by atoms with van der Waals surface area (Å²) in [4.78, 5) is 11.5. The largest absolute Gasteiger partial charge is 0.468 e. The molecule has 118 valence electrons. The molecule has 0 aromatic heterocycles. The van der Waals surface area contributed by atoms with E-state index in [0.717, 1.165) is 7.11 Å². The lowest BCUT2D eigenvalue weighted by atomic mass is 9.96. The van der Waals surface area contributed by atoms with Crippen molar-refractivity contribution in [3.8, 4) is 5.75 Å². The Morgan fingerprint density at radius 1 is 1.00 bits per heavy atom. The fraction of sp³-hybridized carbons (Fsp3) is 0.267. The van der Waals surface area contributed by atoms with E-state index >= 15 is 0 Å². The maximum absolute atomic E-state index is 13.0. The number of carbonyl (C=O) groups is 1. The lowest BCUT2D eigenvalue weighted by Crippen LogP contribution is -2.21. The number of carbonyl (C=O) groups excluding carboxylic acids is 1. The molecule has 22 heavy (non-hydrogen) atoms. The zero-order valence-electron chi connectivity index (χ0n) is 11.4. The third kappa shape index (κ3) is 3.47. The number of hydrogen-bond acceptors (Lipinski definition) is 3. The molecule has 0 spiro atoms. The Morgan fingerprint density at radius 3 is 2.23 bits per heavy atom. The number of fused-ring (bicyclic) bond motifs is 1. The third-order valence-electron chi connectivity index (χ3n) is 3.13. The SMILES string of the molecule is COC(=O)C(c1ccc2cc(OC(F)F)ccc2c1)C(F)F. The van der Waals surface area contributed by atoms with Crippen LogP contribution in [-0.4, -0.2) is 26.1 Å². The minimum Gasteiger partial charge on any atom is -0.468 e. The molecular formula is C15H12F4O3. The molecule has 0 N–H and O–H groups in total. The molecule has 2 aromatic rings. The van der Waals surface area contributed by atoms with Crippen LogP contribution in [0.25, 0.3) is 10.8 Å². The molecule has 3 nitrogen and oxygen atoms in total. The van der Waals surface area contributed by atoms with E-state index in [2.05, 4.69) is 9.47 Å². The van der Waals surface area contributed by atoms with Gasteiger partial charge in [0, 0.05) is 0 Å². The number of alkyl halides is 4. The van der Waals surface area contributed by atoms with Gasteiger partial charge in [-0.3, -0.25) is 4.79 Å². The molecule has 0 radical (unpaired) electrons. The monoisotopic (exact) mass is 316 g/mol. The van der Waals surface area contributed by atoms with Gasteiger partial charge in [0.25, 0.3) is 6.43 Å². The quantitative estimate of drug-likeness (QED) is 0.618. The number of rotatable bonds is 5. The Morgan fingerprint density at radius 2 is 1.64 bits per heavy atom. The van der Waals surface area contributed by atoms with Crippen LogP contribution in [0.2, 0.25) is 0 Å². The van der Waals surface area contributed by atoms with E-state index < -0.39 is 24.9 Å². The topological polar surface area (TPSA) is 35.5 Å². The van der Waals surface area contributed by atoms with Crippen LogP contribution in [0.15, 0.2) is 36.4 Å². The predicted molar refractivity (Wildman–Crippen MR) is 71.3 cm³/mol. The van der Waals surface area contributed by atoms with Gasteiger partial charge in [0.2, 0.25) is 0 Å². The zero-order chi connectivity index (χ0) is 16.3. The van der Waals surface area contributed by atoms with Crippen molar-refractivity contribution in [2.45, 2.75) is 19.0 Å². The van der Waals surface area contributed by atoms with Crippen molar-refractivity contribution >= 4 is 16.7 Å². The molecule has 2 aromatic carbocycles. The number of benzene rings is 2. The fourth-order valence-corrected chi connectivity index (χ4v) is 2.12. The van der Waals surface area contributed by atoms with E-state index in [1.54, 1.807) is 0 Å². The summed E-state index contributed by atoms with van der Waals surface area (Å²) >= 11 is 0. The Labute approximate surface area is 123 Å². The number of ether oxygens (including phenoxy) is 2. The second-order valence-electron chi connectivity index (χ2n) is 4.48. The summed E-state index contributed by atoms with van der Waals surface area (Å²) in [5, 5.41) is 1.05. The van der Waals surface area contributed by atoms with E-state index in [1.807, 2.05) is 0 Å². The van der Waals surface area contributed by atoms with Crippen molar-refractivity contribution in [2.75, 3.05) is 7.11 Å². The van der Waals surface area contributed by atoms with Gasteiger partial charge in [-0.2, -0.15) is 8.78 Å². The molecule has 2 rings (SSSR count). The standard InChI is InChI=1S/C15H12F4O3/c1-21-14(20)12(13(16)17)10-3-2-9-7-11(22-15(18)19)5-4-8(9)6-10/h2-7,12-13,15H,1H3.